The van der Waals surface area contributed by atoms with E-state index in [1.54, 1.807) is 0 Å². The number of nitrogens with two attached hydrogens (primary N) is 1. The van der Waals surface area contributed by atoms with Gasteiger partial charge in [-0.15, -0.1) is 0 Å². The summed E-state index contributed by atoms with van der Waals surface area (Å²) in [6.45, 7) is 2.34. The summed E-state index contributed by atoms with van der Waals surface area (Å²) < 4.78 is 10.7. The number of nitrogens with one attached hydrogen (secondary N) is 1. The predicted octanol–water partition coefficient (Wildman–Crippen LogP) is 0.898. The third-order valence-electron chi connectivity index (χ3n) is 2.08. The van der Waals surface area contributed by atoms with Crippen LogP contribution >= 0.6 is 0 Å². The SMILES string of the molecule is N=C(N)CCCCOC1CCOC1. The quantitative estimate of drug-likeness (QED) is 0.368. The zero-order valence-corrected chi connectivity index (χ0v) is 7.92. The molecule has 1 atom stereocenters. The summed E-state index contributed by atoms with van der Waals surface area (Å²) in [4.78, 5) is 0. The Morgan fingerprint density at radius 3 is 3.00 bits per heavy atom. The Morgan fingerprint density at radius 2 is 2.38 bits per heavy atom. The Balaban J connectivity index is 1.86. The molecule has 0 amide bonds. The number of amidine groups is 1. The van der Waals surface area contributed by atoms with E-state index < -0.39 is 0 Å². The summed E-state index contributed by atoms with van der Waals surface area (Å²) in [7, 11) is 0. The first-order valence-corrected chi connectivity index (χ1v) is 4.81. The van der Waals surface area contributed by atoms with Crippen LogP contribution in [0.15, 0.2) is 0 Å². The molecule has 1 aliphatic heterocycles. The van der Waals surface area contributed by atoms with Gasteiger partial charge in [0.05, 0.1) is 18.5 Å². The van der Waals surface area contributed by atoms with E-state index in [4.69, 9.17) is 20.6 Å². The summed E-state index contributed by atoms with van der Waals surface area (Å²) in [5.74, 6) is 0.268. The average molecular weight is 186 g/mol. The van der Waals surface area contributed by atoms with Gasteiger partial charge in [0.25, 0.3) is 0 Å². The lowest BCUT2D eigenvalue weighted by Crippen LogP contribution is -2.14. The minimum Gasteiger partial charge on any atom is -0.388 e. The van der Waals surface area contributed by atoms with Crippen molar-refractivity contribution in [3.63, 3.8) is 0 Å². The van der Waals surface area contributed by atoms with Gasteiger partial charge in [-0.25, -0.2) is 0 Å². The number of hydrogen-bond acceptors (Lipinski definition) is 3. The van der Waals surface area contributed by atoms with Crippen LogP contribution in [0.1, 0.15) is 25.7 Å². The lowest BCUT2D eigenvalue weighted by Gasteiger charge is -2.08. The maximum Gasteiger partial charge on any atom is 0.0905 e. The molecule has 13 heavy (non-hydrogen) atoms. The monoisotopic (exact) mass is 186 g/mol. The lowest BCUT2D eigenvalue weighted by atomic mass is 10.2. The van der Waals surface area contributed by atoms with Crippen LogP contribution in [-0.4, -0.2) is 31.8 Å². The first-order valence-electron chi connectivity index (χ1n) is 4.81. The molecule has 1 heterocycles. The Labute approximate surface area is 78.9 Å². The van der Waals surface area contributed by atoms with E-state index in [-0.39, 0.29) is 5.84 Å². The van der Waals surface area contributed by atoms with Gasteiger partial charge < -0.3 is 15.2 Å². The molecular formula is C9H18N2O2. The smallest absolute Gasteiger partial charge is 0.0905 e. The number of rotatable bonds is 6. The molecule has 1 saturated heterocycles. The van der Waals surface area contributed by atoms with Crippen LogP contribution in [0.5, 0.6) is 0 Å². The molecule has 0 radical (unpaired) electrons. The van der Waals surface area contributed by atoms with E-state index >= 15 is 0 Å². The summed E-state index contributed by atoms with van der Waals surface area (Å²) in [5, 5.41) is 7.01. The second-order valence-corrected chi connectivity index (χ2v) is 3.34. The van der Waals surface area contributed by atoms with E-state index in [0.29, 0.717) is 12.5 Å². The van der Waals surface area contributed by atoms with Crippen molar-refractivity contribution in [3.8, 4) is 0 Å². The lowest BCUT2D eigenvalue weighted by molar-refractivity contribution is 0.0410. The fraction of sp³-hybridized carbons (Fsp3) is 0.889. The fourth-order valence-electron chi connectivity index (χ4n) is 1.31. The largest absolute Gasteiger partial charge is 0.388 e. The first kappa shape index (κ1) is 10.5. The molecule has 0 aliphatic carbocycles. The van der Waals surface area contributed by atoms with Crippen molar-refractivity contribution in [2.75, 3.05) is 19.8 Å². The normalized spacial score (nSPS) is 22.0. The standard InChI is InChI=1S/C9H18N2O2/c10-9(11)3-1-2-5-13-8-4-6-12-7-8/h8H,1-7H2,(H3,10,11). The highest BCUT2D eigenvalue weighted by Crippen LogP contribution is 2.08. The molecule has 0 aromatic carbocycles. The molecule has 3 N–H and O–H groups in total. The second kappa shape index (κ2) is 5.94. The van der Waals surface area contributed by atoms with Gasteiger partial charge in [-0.1, -0.05) is 0 Å². The summed E-state index contributed by atoms with van der Waals surface area (Å²) in [5.41, 5.74) is 5.22. The van der Waals surface area contributed by atoms with Crippen LogP contribution in [0, 0.1) is 5.41 Å². The third-order valence-corrected chi connectivity index (χ3v) is 2.08. The molecule has 1 unspecified atom stereocenters. The summed E-state index contributed by atoms with van der Waals surface area (Å²) in [6, 6.07) is 0. The van der Waals surface area contributed by atoms with E-state index in [1.807, 2.05) is 0 Å². The molecule has 0 saturated carbocycles. The van der Waals surface area contributed by atoms with E-state index in [0.717, 1.165) is 39.1 Å². The third kappa shape index (κ3) is 4.85. The zero-order valence-electron chi connectivity index (χ0n) is 7.92. The maximum atomic E-state index is 7.01. The average Bonchev–Trinajstić information content (AvgIpc) is 2.55. The number of hydrogen-bond donors (Lipinski definition) is 2. The van der Waals surface area contributed by atoms with E-state index in [1.165, 1.54) is 0 Å². The minimum absolute atomic E-state index is 0.268. The van der Waals surface area contributed by atoms with Crippen molar-refractivity contribution in [2.24, 2.45) is 5.73 Å². The molecule has 1 rings (SSSR count). The van der Waals surface area contributed by atoms with Gasteiger partial charge in [-0.2, -0.15) is 0 Å². The van der Waals surface area contributed by atoms with Crippen LogP contribution in [0.3, 0.4) is 0 Å². The first-order chi connectivity index (χ1) is 6.29. The molecule has 0 aromatic heterocycles. The van der Waals surface area contributed by atoms with Crippen LogP contribution in [-0.2, 0) is 9.47 Å². The van der Waals surface area contributed by atoms with Gasteiger partial charge in [-0.3, -0.25) is 5.41 Å². The highest BCUT2D eigenvalue weighted by atomic mass is 16.5. The number of ether oxygens (including phenoxy) is 2. The molecule has 0 spiro atoms. The van der Waals surface area contributed by atoms with Crippen molar-refractivity contribution in [1.29, 1.82) is 5.41 Å². The van der Waals surface area contributed by atoms with Crippen molar-refractivity contribution in [1.82, 2.24) is 0 Å². The van der Waals surface area contributed by atoms with Crippen LogP contribution in [0.4, 0.5) is 0 Å². The van der Waals surface area contributed by atoms with Crippen LogP contribution in [0.25, 0.3) is 0 Å². The highest BCUT2D eigenvalue weighted by molar-refractivity contribution is 5.76. The van der Waals surface area contributed by atoms with E-state index in [2.05, 4.69) is 0 Å². The van der Waals surface area contributed by atoms with Crippen molar-refractivity contribution in [3.05, 3.63) is 0 Å². The molecule has 1 fully saturated rings. The molecule has 76 valence electrons. The molecule has 1 aliphatic rings. The Hall–Kier alpha value is -0.610. The van der Waals surface area contributed by atoms with Gasteiger partial charge in [0, 0.05) is 19.6 Å². The van der Waals surface area contributed by atoms with Gasteiger partial charge in [0.15, 0.2) is 0 Å². The predicted molar refractivity (Wildman–Crippen MR) is 50.9 cm³/mol. The van der Waals surface area contributed by atoms with E-state index in [9.17, 15) is 0 Å². The molecule has 4 heteroatoms. The molecule has 0 aromatic rings. The van der Waals surface area contributed by atoms with Crippen molar-refractivity contribution < 1.29 is 9.47 Å². The van der Waals surface area contributed by atoms with Gasteiger partial charge in [-0.05, 0) is 19.3 Å². The zero-order chi connectivity index (χ0) is 9.52. The van der Waals surface area contributed by atoms with Gasteiger partial charge in [0.2, 0.25) is 0 Å². The Bertz CT molecular complexity index is 156. The summed E-state index contributed by atoms with van der Waals surface area (Å²) in [6.07, 6.45) is 3.94. The van der Waals surface area contributed by atoms with Gasteiger partial charge in [0.1, 0.15) is 0 Å². The molecule has 0 bridgehead atoms. The number of unbranched alkanes of at least 4 members (excludes halogenated alkanes) is 1. The fourth-order valence-corrected chi connectivity index (χ4v) is 1.31. The van der Waals surface area contributed by atoms with Crippen LogP contribution < -0.4 is 5.73 Å². The topological polar surface area (TPSA) is 68.3 Å². The Morgan fingerprint density at radius 1 is 1.54 bits per heavy atom. The Kier molecular flexibility index (Phi) is 4.78. The van der Waals surface area contributed by atoms with Crippen molar-refractivity contribution in [2.45, 2.75) is 31.8 Å². The van der Waals surface area contributed by atoms with Crippen molar-refractivity contribution >= 4 is 5.84 Å². The summed E-state index contributed by atoms with van der Waals surface area (Å²) >= 11 is 0. The van der Waals surface area contributed by atoms with Crippen LogP contribution in [0.2, 0.25) is 0 Å². The second-order valence-electron chi connectivity index (χ2n) is 3.34. The highest BCUT2D eigenvalue weighted by Gasteiger charge is 2.14. The maximum absolute atomic E-state index is 7.01. The molecule has 4 nitrogen and oxygen atoms in total. The minimum atomic E-state index is 0.268. The molecular weight excluding hydrogens is 168 g/mol. The van der Waals surface area contributed by atoms with Gasteiger partial charge >= 0.3 is 0 Å².